The van der Waals surface area contributed by atoms with Crippen molar-refractivity contribution in [1.82, 2.24) is 4.31 Å². The number of unbranched alkanes of at least 4 members (excludes halogenated alkanes) is 5. The molecule has 2 atom stereocenters. The van der Waals surface area contributed by atoms with Crippen molar-refractivity contribution in [2.24, 2.45) is 11.8 Å². The van der Waals surface area contributed by atoms with Crippen molar-refractivity contribution in [2.45, 2.75) is 119 Å². The monoisotopic (exact) mass is 561 g/mol. The maximum atomic E-state index is 14.0. The predicted molar refractivity (Wildman–Crippen MR) is 151 cm³/mol. The van der Waals surface area contributed by atoms with Crippen LogP contribution in [-0.4, -0.2) is 62.8 Å². The molecule has 2 aliphatic heterocycles. The van der Waals surface area contributed by atoms with Gasteiger partial charge in [0.2, 0.25) is 10.0 Å². The number of nitrogens with zero attached hydrogens (tertiary/aromatic N) is 1. The fraction of sp³-hybridized carbons (Fsp3) is 0.774. The molecule has 1 aromatic carbocycles. The number of hydrogen-bond donors (Lipinski definition) is 1. The number of alkyl carbamates (subject to hydrolysis) is 2. The van der Waals surface area contributed by atoms with E-state index in [4.69, 9.17) is 9.47 Å². The summed E-state index contributed by atoms with van der Waals surface area (Å²) in [5.74, 6) is 1.27. The topological polar surface area (TPSA) is 77.3 Å². The molecule has 2 aliphatic carbocycles. The van der Waals surface area contributed by atoms with Gasteiger partial charge in [0.1, 0.15) is 5.60 Å². The highest BCUT2D eigenvalue weighted by Gasteiger charge is 2.61. The van der Waals surface area contributed by atoms with Crippen LogP contribution >= 0.6 is 0 Å². The first-order valence-electron chi connectivity index (χ1n) is 15.7. The van der Waals surface area contributed by atoms with E-state index in [0.29, 0.717) is 36.2 Å². The third kappa shape index (κ3) is 7.24. The third-order valence-electron chi connectivity index (χ3n) is 9.48. The van der Waals surface area contributed by atoms with Gasteiger partial charge < -0.3 is 9.47 Å². The number of sulfonamides is 1. The Bertz CT molecular complexity index is 1030. The molecule has 7 nitrogen and oxygen atoms in total. The minimum Gasteiger partial charge on any atom is -0.412 e. The predicted octanol–water partition coefficient (Wildman–Crippen LogP) is 4.96. The quantitative estimate of drug-likeness (QED) is 0.345. The lowest BCUT2D eigenvalue weighted by molar-refractivity contribution is -0.832. The maximum absolute atomic E-state index is 14.0. The van der Waals surface area contributed by atoms with E-state index in [1.54, 1.807) is 28.6 Å². The zero-order valence-corrected chi connectivity index (χ0v) is 24.6. The molecular weight excluding hydrogens is 512 g/mol. The van der Waals surface area contributed by atoms with Gasteiger partial charge in [0, 0.05) is 18.9 Å². The average molecular weight is 562 g/mol. The molecule has 218 valence electrons. The van der Waals surface area contributed by atoms with Crippen LogP contribution in [0, 0.1) is 11.8 Å². The first-order chi connectivity index (χ1) is 18.9. The van der Waals surface area contributed by atoms with Crippen molar-refractivity contribution in [3.05, 3.63) is 30.3 Å². The second-order valence-electron chi connectivity index (χ2n) is 12.6. The summed E-state index contributed by atoms with van der Waals surface area (Å²) in [6.07, 6.45) is 15.6. The number of piperidine rings is 1. The largest absolute Gasteiger partial charge is 0.514 e. The molecule has 2 heterocycles. The van der Waals surface area contributed by atoms with E-state index in [2.05, 4.69) is 6.92 Å². The van der Waals surface area contributed by atoms with Crippen LogP contribution in [0.15, 0.2) is 35.2 Å². The molecule has 4 aliphatic rings. The number of rotatable bonds is 13. The van der Waals surface area contributed by atoms with Gasteiger partial charge in [0.05, 0.1) is 37.2 Å². The summed E-state index contributed by atoms with van der Waals surface area (Å²) in [4.78, 5) is 14.6. The molecule has 1 N–H and O–H groups in total. The molecule has 4 fully saturated rings. The second kappa shape index (κ2) is 13.0. The molecule has 2 saturated carbocycles. The van der Waals surface area contributed by atoms with Crippen molar-refractivity contribution in [1.29, 1.82) is 0 Å². The van der Waals surface area contributed by atoms with Crippen molar-refractivity contribution < 1.29 is 27.6 Å². The van der Waals surface area contributed by atoms with Gasteiger partial charge in [0.25, 0.3) is 0 Å². The SMILES string of the molecule is CCCCCCCCC1CC[NH+](C(=O)OC2(C3COCC(CC4CC4)N3S(=O)(=O)c3ccccc3)CC2)CC1. The van der Waals surface area contributed by atoms with E-state index >= 15 is 0 Å². The van der Waals surface area contributed by atoms with Crippen LogP contribution < -0.4 is 4.90 Å². The van der Waals surface area contributed by atoms with Crippen LogP contribution in [0.1, 0.15) is 96.8 Å². The van der Waals surface area contributed by atoms with Crippen molar-refractivity contribution >= 4 is 16.1 Å². The Hall–Kier alpha value is -1.48. The highest BCUT2D eigenvalue weighted by Crippen LogP contribution is 2.49. The van der Waals surface area contributed by atoms with Crippen LogP contribution in [0.25, 0.3) is 0 Å². The molecule has 2 unspecified atom stereocenters. The van der Waals surface area contributed by atoms with E-state index < -0.39 is 21.7 Å². The van der Waals surface area contributed by atoms with E-state index in [-0.39, 0.29) is 18.7 Å². The lowest BCUT2D eigenvalue weighted by Gasteiger charge is -2.44. The lowest BCUT2D eigenvalue weighted by atomic mass is 9.91. The Morgan fingerprint density at radius 3 is 2.33 bits per heavy atom. The number of morpholine rings is 1. The molecule has 8 heteroatoms. The van der Waals surface area contributed by atoms with Gasteiger partial charge in [-0.25, -0.2) is 13.3 Å². The Kier molecular flexibility index (Phi) is 9.68. The van der Waals surface area contributed by atoms with Gasteiger partial charge in [-0.15, -0.1) is 0 Å². The number of amides is 1. The number of benzene rings is 1. The number of carbonyl (C=O) groups excluding carboxylic acids is 1. The summed E-state index contributed by atoms with van der Waals surface area (Å²) in [6, 6.07) is 8.01. The highest BCUT2D eigenvalue weighted by molar-refractivity contribution is 7.89. The van der Waals surface area contributed by atoms with E-state index in [0.717, 1.165) is 50.1 Å². The molecule has 5 rings (SSSR count). The molecule has 1 aromatic rings. The number of nitrogens with one attached hydrogen (secondary N) is 1. The third-order valence-corrected chi connectivity index (χ3v) is 11.5. The van der Waals surface area contributed by atoms with Gasteiger partial charge in [-0.05, 0) is 43.2 Å². The van der Waals surface area contributed by atoms with E-state index in [1.807, 2.05) is 6.07 Å². The van der Waals surface area contributed by atoms with Crippen LogP contribution in [0.4, 0.5) is 4.79 Å². The highest BCUT2D eigenvalue weighted by atomic mass is 32.2. The van der Waals surface area contributed by atoms with Crippen LogP contribution in [0.2, 0.25) is 0 Å². The first-order valence-corrected chi connectivity index (χ1v) is 17.1. The summed E-state index contributed by atoms with van der Waals surface area (Å²) in [6.45, 7) is 4.56. The van der Waals surface area contributed by atoms with Crippen molar-refractivity contribution in [2.75, 3.05) is 26.3 Å². The average Bonchev–Trinajstić information content (AvgIpc) is 3.89. The summed E-state index contributed by atoms with van der Waals surface area (Å²) in [5, 5.41) is 0. The molecule has 0 spiro atoms. The first kappa shape index (κ1) is 29.0. The number of carbonyl (C=O) groups is 1. The Labute approximate surface area is 235 Å². The zero-order valence-electron chi connectivity index (χ0n) is 23.8. The minimum absolute atomic E-state index is 0.202. The van der Waals surface area contributed by atoms with Gasteiger partial charge in [-0.3, -0.25) is 0 Å². The summed E-state index contributed by atoms with van der Waals surface area (Å²) < 4.78 is 42.0. The maximum Gasteiger partial charge on any atom is 0.514 e. The van der Waals surface area contributed by atoms with Gasteiger partial charge in [-0.1, -0.05) is 82.9 Å². The minimum atomic E-state index is -3.75. The van der Waals surface area contributed by atoms with Gasteiger partial charge in [-0.2, -0.15) is 9.10 Å². The molecule has 1 amide bonds. The summed E-state index contributed by atoms with van der Waals surface area (Å²) in [7, 11) is -3.75. The number of ether oxygens (including phenoxy) is 2. The van der Waals surface area contributed by atoms with Gasteiger partial charge >= 0.3 is 6.09 Å². The molecule has 0 aromatic heterocycles. The Morgan fingerprint density at radius 2 is 1.67 bits per heavy atom. The fourth-order valence-corrected chi connectivity index (χ4v) is 8.58. The van der Waals surface area contributed by atoms with Gasteiger partial charge in [0.15, 0.2) is 0 Å². The molecular formula is C31H49N2O5S+. The number of likely N-dealkylation sites (tertiary alicyclic amines) is 1. The molecule has 0 radical (unpaired) electrons. The second-order valence-corrected chi connectivity index (χ2v) is 14.4. The van der Waals surface area contributed by atoms with Crippen molar-refractivity contribution in [3.8, 4) is 0 Å². The molecule has 0 bridgehead atoms. The smallest absolute Gasteiger partial charge is 0.412 e. The Balaban J connectivity index is 1.20. The van der Waals surface area contributed by atoms with Crippen LogP contribution in [-0.2, 0) is 19.5 Å². The van der Waals surface area contributed by atoms with Crippen LogP contribution in [0.3, 0.4) is 0 Å². The van der Waals surface area contributed by atoms with E-state index in [1.165, 1.54) is 44.9 Å². The normalized spacial score (nSPS) is 29.2. The standard InChI is InChI=1S/C31H48N2O5S/c1-2-3-4-5-6-8-11-25-16-20-32(21-17-25)30(34)38-31(18-19-31)29-24-37-23-27(22-26-14-15-26)33(29)39(35,36)28-12-9-7-10-13-28/h7,9-10,12-13,25-27,29H,2-6,8,11,14-24H2,1H3/p+1. The van der Waals surface area contributed by atoms with Crippen molar-refractivity contribution in [3.63, 3.8) is 0 Å². The molecule has 2 saturated heterocycles. The fourth-order valence-electron chi connectivity index (χ4n) is 6.70. The number of hydrogen-bond acceptors (Lipinski definition) is 5. The summed E-state index contributed by atoms with van der Waals surface area (Å²) >= 11 is 0. The molecule has 39 heavy (non-hydrogen) atoms. The van der Waals surface area contributed by atoms with Crippen LogP contribution in [0.5, 0.6) is 0 Å². The lowest BCUT2D eigenvalue weighted by Crippen LogP contribution is -3.15. The Morgan fingerprint density at radius 1 is 0.974 bits per heavy atom. The van der Waals surface area contributed by atoms with E-state index in [9.17, 15) is 13.2 Å². The number of quaternary nitrogens is 1. The summed E-state index contributed by atoms with van der Waals surface area (Å²) in [5.41, 5.74) is -0.774. The zero-order chi connectivity index (χ0) is 27.3.